The second-order valence-corrected chi connectivity index (χ2v) is 4.03. The van der Waals surface area contributed by atoms with Crippen molar-refractivity contribution in [2.45, 2.75) is 19.4 Å². The molecule has 1 aromatic heterocycles. The maximum atomic E-state index is 12.9. The van der Waals surface area contributed by atoms with E-state index in [0.717, 1.165) is 0 Å². The topological polar surface area (TPSA) is 51.2 Å². The Bertz CT molecular complexity index is 512. The van der Waals surface area contributed by atoms with E-state index in [0.29, 0.717) is 17.1 Å². The van der Waals surface area contributed by atoms with Gasteiger partial charge in [0.05, 0.1) is 12.3 Å². The molecule has 1 atom stereocenters. The van der Waals surface area contributed by atoms with E-state index in [1.54, 1.807) is 30.5 Å². The molecule has 0 radical (unpaired) electrons. The lowest BCUT2D eigenvalue weighted by molar-refractivity contribution is 0.152. The Morgan fingerprint density at radius 2 is 2.06 bits per heavy atom. The lowest BCUT2D eigenvalue weighted by Crippen LogP contribution is -2.08. The molecule has 0 saturated carbocycles. The maximum Gasteiger partial charge on any atom is 0.265 e. The fraction of sp³-hybridized carbons (Fsp3) is 0.231. The molecule has 3 nitrogen and oxygen atoms in total. The number of halogens is 2. The van der Waals surface area contributed by atoms with Gasteiger partial charge in [0.2, 0.25) is 0 Å². The van der Waals surface area contributed by atoms with E-state index in [1.807, 2.05) is 6.92 Å². The minimum Gasteiger partial charge on any atom is -0.467 e. The van der Waals surface area contributed by atoms with Gasteiger partial charge in [-0.2, -0.15) is 0 Å². The highest BCUT2D eigenvalue weighted by Gasteiger charge is 2.16. The van der Waals surface area contributed by atoms with Crippen molar-refractivity contribution in [2.75, 3.05) is 11.1 Å². The monoisotopic (exact) mass is 252 g/mol. The largest absolute Gasteiger partial charge is 0.467 e. The van der Waals surface area contributed by atoms with Gasteiger partial charge in [-0.25, -0.2) is 8.78 Å². The van der Waals surface area contributed by atoms with Crippen LogP contribution in [0.5, 0.6) is 0 Å². The summed E-state index contributed by atoms with van der Waals surface area (Å²) in [5.41, 5.74) is 6.09. The summed E-state index contributed by atoms with van der Waals surface area (Å²) < 4.78 is 31.0. The van der Waals surface area contributed by atoms with Gasteiger partial charge in [-0.1, -0.05) is 0 Å². The number of alkyl halides is 2. The Balaban J connectivity index is 2.23. The lowest BCUT2D eigenvalue weighted by Gasteiger charge is -2.16. The number of anilines is 2. The first kappa shape index (κ1) is 12.4. The van der Waals surface area contributed by atoms with Gasteiger partial charge in [0, 0.05) is 16.9 Å². The minimum absolute atomic E-state index is 0.103. The highest BCUT2D eigenvalue weighted by molar-refractivity contribution is 5.59. The molecular weight excluding hydrogens is 238 g/mol. The van der Waals surface area contributed by atoms with E-state index in [4.69, 9.17) is 10.2 Å². The fourth-order valence-corrected chi connectivity index (χ4v) is 1.74. The van der Waals surface area contributed by atoms with Crippen molar-refractivity contribution < 1.29 is 13.2 Å². The second-order valence-electron chi connectivity index (χ2n) is 4.03. The third-order valence-electron chi connectivity index (χ3n) is 2.65. The van der Waals surface area contributed by atoms with Crippen LogP contribution < -0.4 is 11.1 Å². The van der Waals surface area contributed by atoms with Crippen LogP contribution in [0.3, 0.4) is 0 Å². The molecule has 18 heavy (non-hydrogen) atoms. The van der Waals surface area contributed by atoms with Gasteiger partial charge in [0.15, 0.2) is 0 Å². The van der Waals surface area contributed by atoms with Crippen LogP contribution in [0.25, 0.3) is 0 Å². The third-order valence-corrected chi connectivity index (χ3v) is 2.65. The molecule has 1 aromatic carbocycles. The van der Waals surface area contributed by atoms with E-state index >= 15 is 0 Å². The van der Waals surface area contributed by atoms with Gasteiger partial charge >= 0.3 is 0 Å². The van der Waals surface area contributed by atoms with Crippen molar-refractivity contribution in [3.8, 4) is 0 Å². The van der Waals surface area contributed by atoms with Crippen LogP contribution in [-0.2, 0) is 0 Å². The number of nitrogen functional groups attached to an aromatic ring is 1. The van der Waals surface area contributed by atoms with Gasteiger partial charge in [-0.3, -0.25) is 0 Å². The fourth-order valence-electron chi connectivity index (χ4n) is 1.74. The molecule has 0 aliphatic heterocycles. The zero-order valence-electron chi connectivity index (χ0n) is 9.86. The molecule has 96 valence electrons. The van der Waals surface area contributed by atoms with Crippen molar-refractivity contribution in [3.05, 3.63) is 47.9 Å². The van der Waals surface area contributed by atoms with Crippen LogP contribution in [-0.4, -0.2) is 0 Å². The zero-order chi connectivity index (χ0) is 13.1. The van der Waals surface area contributed by atoms with Crippen LogP contribution in [0, 0.1) is 0 Å². The maximum absolute atomic E-state index is 12.9. The van der Waals surface area contributed by atoms with E-state index < -0.39 is 6.43 Å². The number of nitrogens with two attached hydrogens (primary N) is 1. The molecule has 0 aliphatic carbocycles. The van der Waals surface area contributed by atoms with Crippen LogP contribution >= 0.6 is 0 Å². The smallest absolute Gasteiger partial charge is 0.265 e. The molecule has 1 unspecified atom stereocenters. The SMILES string of the molecule is CC(Nc1ccc(N)cc1C(F)F)c1ccco1. The van der Waals surface area contributed by atoms with Crippen LogP contribution in [0.2, 0.25) is 0 Å². The Morgan fingerprint density at radius 3 is 2.67 bits per heavy atom. The molecule has 1 heterocycles. The molecular formula is C13H14F2N2O. The van der Waals surface area contributed by atoms with Crippen LogP contribution in [0.4, 0.5) is 20.2 Å². The Kier molecular flexibility index (Phi) is 3.50. The molecule has 0 amide bonds. The Hall–Kier alpha value is -2.04. The summed E-state index contributed by atoms with van der Waals surface area (Å²) in [4.78, 5) is 0. The van der Waals surface area contributed by atoms with Crippen molar-refractivity contribution in [3.63, 3.8) is 0 Å². The summed E-state index contributed by atoms with van der Waals surface area (Å²) in [7, 11) is 0. The average molecular weight is 252 g/mol. The third kappa shape index (κ3) is 2.61. The van der Waals surface area contributed by atoms with Gasteiger partial charge < -0.3 is 15.5 Å². The molecule has 0 saturated heterocycles. The number of benzene rings is 1. The molecule has 0 spiro atoms. The van der Waals surface area contributed by atoms with Crippen molar-refractivity contribution in [2.24, 2.45) is 0 Å². The molecule has 5 heteroatoms. The molecule has 2 rings (SSSR count). The average Bonchev–Trinajstić information content (AvgIpc) is 2.84. The van der Waals surface area contributed by atoms with Crippen molar-refractivity contribution >= 4 is 11.4 Å². The second kappa shape index (κ2) is 5.08. The number of hydrogen-bond donors (Lipinski definition) is 2. The van der Waals surface area contributed by atoms with Gasteiger partial charge in [-0.05, 0) is 37.3 Å². The molecule has 0 fully saturated rings. The summed E-state index contributed by atoms with van der Waals surface area (Å²) in [5, 5.41) is 2.99. The van der Waals surface area contributed by atoms with Crippen LogP contribution in [0.15, 0.2) is 41.0 Å². The summed E-state index contributed by atoms with van der Waals surface area (Å²) in [5.74, 6) is 0.687. The van der Waals surface area contributed by atoms with E-state index in [1.165, 1.54) is 6.07 Å². The molecule has 0 aliphatic rings. The van der Waals surface area contributed by atoms with Crippen LogP contribution in [0.1, 0.15) is 30.7 Å². The number of hydrogen-bond acceptors (Lipinski definition) is 3. The predicted octanol–water partition coefficient (Wildman–Crippen LogP) is 3.97. The summed E-state index contributed by atoms with van der Waals surface area (Å²) in [6.45, 7) is 1.84. The number of furan rings is 1. The number of nitrogens with one attached hydrogen (secondary N) is 1. The molecule has 0 bridgehead atoms. The first-order valence-electron chi connectivity index (χ1n) is 5.55. The molecule has 2 aromatic rings. The van der Waals surface area contributed by atoms with Crippen molar-refractivity contribution in [1.82, 2.24) is 0 Å². The predicted molar refractivity (Wildman–Crippen MR) is 66.6 cm³/mol. The van der Waals surface area contributed by atoms with E-state index in [9.17, 15) is 8.78 Å². The summed E-state index contributed by atoms with van der Waals surface area (Å²) in [6.07, 6.45) is -1.02. The first-order valence-corrected chi connectivity index (χ1v) is 5.55. The summed E-state index contributed by atoms with van der Waals surface area (Å²) >= 11 is 0. The normalized spacial score (nSPS) is 12.7. The van der Waals surface area contributed by atoms with Gasteiger partial charge in [-0.15, -0.1) is 0 Å². The first-order chi connectivity index (χ1) is 8.58. The van der Waals surface area contributed by atoms with Gasteiger partial charge in [0.1, 0.15) is 5.76 Å². The Labute approximate surface area is 104 Å². The standard InChI is InChI=1S/C13H14F2N2O/c1-8(12-3-2-6-18-12)17-11-5-4-9(16)7-10(11)13(14)15/h2-8,13,17H,16H2,1H3. The van der Waals surface area contributed by atoms with E-state index in [-0.39, 0.29) is 11.6 Å². The highest BCUT2D eigenvalue weighted by atomic mass is 19.3. The summed E-state index contributed by atoms with van der Waals surface area (Å²) in [6, 6.07) is 7.77. The zero-order valence-corrected chi connectivity index (χ0v) is 9.86. The Morgan fingerprint density at radius 1 is 1.28 bits per heavy atom. The minimum atomic E-state index is -2.57. The molecule has 3 N–H and O–H groups in total. The highest BCUT2D eigenvalue weighted by Crippen LogP contribution is 2.31. The number of rotatable bonds is 4. The quantitative estimate of drug-likeness (QED) is 0.809. The lowest BCUT2D eigenvalue weighted by atomic mass is 10.1. The van der Waals surface area contributed by atoms with Gasteiger partial charge in [0.25, 0.3) is 6.43 Å². The van der Waals surface area contributed by atoms with Crippen molar-refractivity contribution in [1.29, 1.82) is 0 Å². The van der Waals surface area contributed by atoms with E-state index in [2.05, 4.69) is 5.32 Å².